The van der Waals surface area contributed by atoms with E-state index >= 15 is 0 Å². The summed E-state index contributed by atoms with van der Waals surface area (Å²) in [6.07, 6.45) is 1.99. The largest absolute Gasteiger partial charge is 0.477 e. The summed E-state index contributed by atoms with van der Waals surface area (Å²) in [7, 11) is -1.18. The molecule has 0 amide bonds. The van der Waals surface area contributed by atoms with Crippen LogP contribution in [0.1, 0.15) is 16.9 Å². The number of aromatic nitrogens is 1. The van der Waals surface area contributed by atoms with Gasteiger partial charge in [-0.15, -0.1) is 0 Å². The fourth-order valence-electron chi connectivity index (χ4n) is 2.05. The Kier molecular flexibility index (Phi) is 3.25. The minimum Gasteiger partial charge on any atom is -0.477 e. The fraction of sp³-hybridized carbons (Fsp3) is 0.455. The van der Waals surface area contributed by atoms with Crippen molar-refractivity contribution >= 4 is 21.5 Å². The number of carbonyl (C=O) groups is 1. The second-order valence-corrected chi connectivity index (χ2v) is 6.60. The van der Waals surface area contributed by atoms with Gasteiger partial charge >= 0.3 is 5.97 Å². The molecule has 1 N–H and O–H groups in total. The van der Waals surface area contributed by atoms with Crippen molar-refractivity contribution in [1.82, 2.24) is 4.98 Å². The summed E-state index contributed by atoms with van der Waals surface area (Å²) < 4.78 is 22.8. The second kappa shape index (κ2) is 4.56. The normalized spacial score (nSPS) is 21.7. The summed E-state index contributed by atoms with van der Waals surface area (Å²) in [6, 6.07) is 3.03. The molecule has 0 radical (unpaired) electrons. The number of carboxylic acid groups (broad SMARTS) is 1. The lowest BCUT2D eigenvalue weighted by Crippen LogP contribution is -2.32. The van der Waals surface area contributed by atoms with Crippen LogP contribution in [-0.4, -0.2) is 49.1 Å². The molecule has 0 saturated carbocycles. The maximum Gasteiger partial charge on any atom is 0.354 e. The quantitative estimate of drug-likeness (QED) is 0.855. The number of nitrogens with zero attached hydrogens (tertiary/aromatic N) is 2. The molecule has 0 spiro atoms. The Bertz CT molecular complexity index is 570. The van der Waals surface area contributed by atoms with Gasteiger partial charge in [0.25, 0.3) is 0 Å². The third-order valence-electron chi connectivity index (χ3n) is 3.13. The summed E-state index contributed by atoms with van der Waals surface area (Å²) in [5, 5.41) is 8.86. The molecular weight excluding hydrogens is 256 g/mol. The molecule has 2 heterocycles. The Morgan fingerprint density at radius 3 is 2.83 bits per heavy atom. The van der Waals surface area contributed by atoms with Crippen LogP contribution in [0, 0.1) is 0 Å². The molecule has 2 rings (SSSR count). The Hall–Kier alpha value is -1.63. The number of sulfone groups is 1. The lowest BCUT2D eigenvalue weighted by Gasteiger charge is -2.25. The minimum absolute atomic E-state index is 0.0415. The van der Waals surface area contributed by atoms with Gasteiger partial charge in [0.2, 0.25) is 0 Å². The Balaban J connectivity index is 2.21. The third-order valence-corrected chi connectivity index (χ3v) is 4.88. The van der Waals surface area contributed by atoms with Crippen LogP contribution < -0.4 is 4.90 Å². The zero-order chi connectivity index (χ0) is 13.3. The van der Waals surface area contributed by atoms with Gasteiger partial charge in [-0.1, -0.05) is 0 Å². The highest BCUT2D eigenvalue weighted by Crippen LogP contribution is 2.22. The highest BCUT2D eigenvalue weighted by atomic mass is 32.2. The number of pyridine rings is 1. The van der Waals surface area contributed by atoms with Gasteiger partial charge in [0, 0.05) is 25.0 Å². The average Bonchev–Trinajstić information content (AvgIpc) is 2.69. The first-order valence-corrected chi connectivity index (χ1v) is 7.34. The van der Waals surface area contributed by atoms with E-state index in [1.807, 2.05) is 0 Å². The van der Waals surface area contributed by atoms with Crippen LogP contribution in [0.2, 0.25) is 0 Å². The molecule has 1 fully saturated rings. The molecule has 1 unspecified atom stereocenters. The molecule has 1 atom stereocenters. The van der Waals surface area contributed by atoms with Crippen LogP contribution in [0.3, 0.4) is 0 Å². The molecule has 6 nitrogen and oxygen atoms in total. The Labute approximate surface area is 105 Å². The number of carboxylic acids is 1. The van der Waals surface area contributed by atoms with E-state index in [4.69, 9.17) is 5.11 Å². The predicted octanol–water partition coefficient (Wildman–Crippen LogP) is 0.403. The van der Waals surface area contributed by atoms with Crippen molar-refractivity contribution in [3.05, 3.63) is 24.0 Å². The van der Waals surface area contributed by atoms with Gasteiger partial charge in [-0.05, 0) is 18.6 Å². The summed E-state index contributed by atoms with van der Waals surface area (Å²) in [5.74, 6) is -0.781. The third kappa shape index (κ3) is 2.61. The van der Waals surface area contributed by atoms with E-state index in [0.717, 1.165) is 0 Å². The molecular formula is C11H14N2O4S. The van der Waals surface area contributed by atoms with Crippen molar-refractivity contribution in [2.45, 2.75) is 12.5 Å². The Morgan fingerprint density at radius 1 is 1.56 bits per heavy atom. The van der Waals surface area contributed by atoms with Gasteiger partial charge in [0.15, 0.2) is 9.84 Å². The lowest BCUT2D eigenvalue weighted by molar-refractivity contribution is 0.0690. The van der Waals surface area contributed by atoms with Crippen LogP contribution >= 0.6 is 0 Å². The maximum absolute atomic E-state index is 11.4. The number of hydrogen-bond donors (Lipinski definition) is 1. The molecule has 1 saturated heterocycles. The van der Waals surface area contributed by atoms with Crippen molar-refractivity contribution in [1.29, 1.82) is 0 Å². The summed E-state index contributed by atoms with van der Waals surface area (Å²) in [4.78, 5) is 16.4. The van der Waals surface area contributed by atoms with Crippen LogP contribution in [-0.2, 0) is 9.84 Å². The van der Waals surface area contributed by atoms with Crippen molar-refractivity contribution in [3.8, 4) is 0 Å². The van der Waals surface area contributed by atoms with Gasteiger partial charge in [0.1, 0.15) is 5.69 Å². The molecule has 7 heteroatoms. The molecule has 18 heavy (non-hydrogen) atoms. The molecule has 1 aromatic heterocycles. The number of anilines is 1. The van der Waals surface area contributed by atoms with E-state index < -0.39 is 15.8 Å². The zero-order valence-corrected chi connectivity index (χ0v) is 10.7. The highest BCUT2D eigenvalue weighted by Gasteiger charge is 2.31. The number of hydrogen-bond acceptors (Lipinski definition) is 5. The summed E-state index contributed by atoms with van der Waals surface area (Å²) in [6.45, 7) is 0. The van der Waals surface area contributed by atoms with E-state index in [9.17, 15) is 13.2 Å². The van der Waals surface area contributed by atoms with E-state index in [1.165, 1.54) is 12.3 Å². The van der Waals surface area contributed by atoms with E-state index in [0.29, 0.717) is 12.1 Å². The highest BCUT2D eigenvalue weighted by molar-refractivity contribution is 7.91. The molecule has 98 valence electrons. The van der Waals surface area contributed by atoms with Crippen molar-refractivity contribution < 1.29 is 18.3 Å². The van der Waals surface area contributed by atoms with Gasteiger partial charge < -0.3 is 10.0 Å². The van der Waals surface area contributed by atoms with E-state index in [1.54, 1.807) is 18.0 Å². The first-order chi connectivity index (χ1) is 8.39. The number of rotatable bonds is 3. The maximum atomic E-state index is 11.4. The molecule has 0 bridgehead atoms. The molecule has 1 aromatic rings. The predicted molar refractivity (Wildman–Crippen MR) is 66.7 cm³/mol. The lowest BCUT2D eigenvalue weighted by atomic mass is 10.2. The molecule has 1 aliphatic rings. The standard InChI is InChI=1S/C11H14N2O4S/c1-13(9-3-5-18(16,17)7-9)8-2-4-12-10(6-8)11(14)15/h2,4,6,9H,3,5,7H2,1H3,(H,14,15). The molecule has 0 aromatic carbocycles. The van der Waals surface area contributed by atoms with Crippen molar-refractivity contribution in [3.63, 3.8) is 0 Å². The minimum atomic E-state index is -2.95. The van der Waals surface area contributed by atoms with Gasteiger partial charge in [-0.2, -0.15) is 0 Å². The van der Waals surface area contributed by atoms with Crippen LogP contribution in [0.5, 0.6) is 0 Å². The molecule has 0 aliphatic carbocycles. The number of aromatic carboxylic acids is 1. The molecule has 1 aliphatic heterocycles. The van der Waals surface area contributed by atoms with E-state index in [-0.39, 0.29) is 23.2 Å². The van der Waals surface area contributed by atoms with E-state index in [2.05, 4.69) is 4.98 Å². The first kappa shape index (κ1) is 12.8. The van der Waals surface area contributed by atoms with Crippen LogP contribution in [0.25, 0.3) is 0 Å². The monoisotopic (exact) mass is 270 g/mol. The van der Waals surface area contributed by atoms with Crippen LogP contribution in [0.4, 0.5) is 5.69 Å². The SMILES string of the molecule is CN(c1ccnc(C(=O)O)c1)C1CCS(=O)(=O)C1. The van der Waals surface area contributed by atoms with Crippen LogP contribution in [0.15, 0.2) is 18.3 Å². The van der Waals surface area contributed by atoms with Gasteiger partial charge in [-0.25, -0.2) is 18.2 Å². The van der Waals surface area contributed by atoms with Gasteiger partial charge in [0.05, 0.1) is 11.5 Å². The zero-order valence-electron chi connectivity index (χ0n) is 9.91. The van der Waals surface area contributed by atoms with Crippen molar-refractivity contribution in [2.75, 3.05) is 23.5 Å². The smallest absolute Gasteiger partial charge is 0.354 e. The average molecular weight is 270 g/mol. The second-order valence-electron chi connectivity index (χ2n) is 4.37. The summed E-state index contributed by atoms with van der Waals surface area (Å²) in [5.41, 5.74) is 0.629. The summed E-state index contributed by atoms with van der Waals surface area (Å²) >= 11 is 0. The Morgan fingerprint density at radius 2 is 2.28 bits per heavy atom. The topological polar surface area (TPSA) is 87.6 Å². The fourth-order valence-corrected chi connectivity index (χ4v) is 3.82. The van der Waals surface area contributed by atoms with Crippen molar-refractivity contribution in [2.24, 2.45) is 0 Å². The van der Waals surface area contributed by atoms with Gasteiger partial charge in [-0.3, -0.25) is 0 Å². The first-order valence-electron chi connectivity index (χ1n) is 5.52.